The van der Waals surface area contributed by atoms with Crippen LogP contribution in [0, 0.1) is 11.3 Å². The van der Waals surface area contributed by atoms with Gasteiger partial charge in [-0.25, -0.2) is 0 Å². The van der Waals surface area contributed by atoms with Gasteiger partial charge in [0.1, 0.15) is 11.8 Å². The molecule has 0 atom stereocenters. The Morgan fingerprint density at radius 3 is 2.85 bits per heavy atom. The highest BCUT2D eigenvalue weighted by atomic mass is 16.5. The first kappa shape index (κ1) is 16.0. The molecule has 108 valence electrons. The van der Waals surface area contributed by atoms with Crippen molar-refractivity contribution in [2.75, 3.05) is 19.8 Å². The maximum absolute atomic E-state index is 11.6. The monoisotopic (exact) mass is 276 g/mol. The smallest absolute Gasteiger partial charge is 0.257 e. The van der Waals surface area contributed by atoms with Crippen LogP contribution in [0.3, 0.4) is 0 Å². The third-order valence-electron chi connectivity index (χ3n) is 2.46. The zero-order chi connectivity index (χ0) is 14.8. The first-order valence-electron chi connectivity index (χ1n) is 6.63. The second-order valence-electron chi connectivity index (χ2n) is 4.52. The van der Waals surface area contributed by atoms with Crippen molar-refractivity contribution < 1.29 is 14.3 Å². The van der Waals surface area contributed by atoms with Crippen LogP contribution in [0.25, 0.3) is 0 Å². The van der Waals surface area contributed by atoms with Gasteiger partial charge in [0, 0.05) is 13.2 Å². The van der Waals surface area contributed by atoms with E-state index in [9.17, 15) is 4.79 Å². The van der Waals surface area contributed by atoms with Gasteiger partial charge in [0.15, 0.2) is 6.61 Å². The van der Waals surface area contributed by atoms with Gasteiger partial charge in [-0.15, -0.1) is 0 Å². The molecule has 0 aliphatic heterocycles. The van der Waals surface area contributed by atoms with Gasteiger partial charge in [0.25, 0.3) is 5.91 Å². The summed E-state index contributed by atoms with van der Waals surface area (Å²) >= 11 is 0. The maximum Gasteiger partial charge on any atom is 0.257 e. The van der Waals surface area contributed by atoms with E-state index in [0.29, 0.717) is 24.5 Å². The normalized spacial score (nSPS) is 10.1. The number of carbonyl (C=O) groups is 1. The molecule has 0 aliphatic rings. The second-order valence-corrected chi connectivity index (χ2v) is 4.52. The van der Waals surface area contributed by atoms with Crippen molar-refractivity contribution in [2.24, 2.45) is 0 Å². The highest BCUT2D eigenvalue weighted by Gasteiger charge is 2.05. The summed E-state index contributed by atoms with van der Waals surface area (Å²) < 4.78 is 10.7. The lowest BCUT2D eigenvalue weighted by Gasteiger charge is -2.09. The second kappa shape index (κ2) is 8.94. The molecular formula is C15H20N2O3. The number of carbonyl (C=O) groups excluding carboxylic acids is 1. The fourth-order valence-electron chi connectivity index (χ4n) is 1.50. The van der Waals surface area contributed by atoms with Crippen molar-refractivity contribution >= 4 is 5.91 Å². The number of ether oxygens (including phenoxy) is 2. The number of nitriles is 1. The summed E-state index contributed by atoms with van der Waals surface area (Å²) in [5.74, 6) is 0.218. The SMILES string of the molecule is CC(C)OCCCNC(=O)COc1ccccc1C#N. The molecule has 1 aromatic carbocycles. The van der Waals surface area contributed by atoms with E-state index in [1.54, 1.807) is 24.3 Å². The fraction of sp³-hybridized carbons (Fsp3) is 0.467. The summed E-state index contributed by atoms with van der Waals surface area (Å²) in [6, 6.07) is 8.85. The van der Waals surface area contributed by atoms with Crippen LogP contribution in [-0.2, 0) is 9.53 Å². The van der Waals surface area contributed by atoms with Gasteiger partial charge in [-0.3, -0.25) is 4.79 Å². The van der Waals surface area contributed by atoms with Crippen LogP contribution in [-0.4, -0.2) is 31.8 Å². The van der Waals surface area contributed by atoms with Crippen molar-refractivity contribution in [2.45, 2.75) is 26.4 Å². The molecular weight excluding hydrogens is 256 g/mol. The molecule has 0 bridgehead atoms. The molecule has 0 fully saturated rings. The van der Waals surface area contributed by atoms with E-state index in [4.69, 9.17) is 14.7 Å². The van der Waals surface area contributed by atoms with E-state index in [2.05, 4.69) is 5.32 Å². The molecule has 1 rings (SSSR count). The number of para-hydroxylation sites is 1. The summed E-state index contributed by atoms with van der Waals surface area (Å²) in [4.78, 5) is 11.6. The molecule has 0 heterocycles. The summed E-state index contributed by atoms with van der Waals surface area (Å²) in [5, 5.41) is 11.6. The molecule has 20 heavy (non-hydrogen) atoms. The Hall–Kier alpha value is -2.06. The van der Waals surface area contributed by atoms with Crippen LogP contribution in [0.5, 0.6) is 5.75 Å². The van der Waals surface area contributed by atoms with Crippen LogP contribution in [0.4, 0.5) is 0 Å². The molecule has 0 radical (unpaired) electrons. The zero-order valence-electron chi connectivity index (χ0n) is 11.9. The highest BCUT2D eigenvalue weighted by Crippen LogP contribution is 2.15. The minimum atomic E-state index is -0.206. The van der Waals surface area contributed by atoms with Crippen molar-refractivity contribution in [3.8, 4) is 11.8 Å². The number of nitrogens with one attached hydrogen (secondary N) is 1. The number of rotatable bonds is 8. The summed E-state index contributed by atoms with van der Waals surface area (Å²) in [7, 11) is 0. The van der Waals surface area contributed by atoms with E-state index < -0.39 is 0 Å². The predicted molar refractivity (Wildman–Crippen MR) is 75.4 cm³/mol. The van der Waals surface area contributed by atoms with Crippen LogP contribution in [0.15, 0.2) is 24.3 Å². The topological polar surface area (TPSA) is 71.3 Å². The lowest BCUT2D eigenvalue weighted by atomic mass is 10.2. The third-order valence-corrected chi connectivity index (χ3v) is 2.46. The van der Waals surface area contributed by atoms with E-state index >= 15 is 0 Å². The van der Waals surface area contributed by atoms with Crippen LogP contribution < -0.4 is 10.1 Å². The molecule has 0 aliphatic carbocycles. The quantitative estimate of drug-likeness (QED) is 0.736. The Kier molecular flexibility index (Phi) is 7.15. The van der Waals surface area contributed by atoms with Crippen molar-refractivity contribution in [3.05, 3.63) is 29.8 Å². The molecule has 5 heteroatoms. The first-order chi connectivity index (χ1) is 9.63. The van der Waals surface area contributed by atoms with Gasteiger partial charge in [-0.1, -0.05) is 12.1 Å². The number of amides is 1. The van der Waals surface area contributed by atoms with Crippen LogP contribution in [0.1, 0.15) is 25.8 Å². The van der Waals surface area contributed by atoms with Crippen LogP contribution in [0.2, 0.25) is 0 Å². The Balaban J connectivity index is 2.22. The predicted octanol–water partition coefficient (Wildman–Crippen LogP) is 1.87. The summed E-state index contributed by atoms with van der Waals surface area (Å²) in [5.41, 5.74) is 0.422. The fourth-order valence-corrected chi connectivity index (χ4v) is 1.50. The van der Waals surface area contributed by atoms with E-state index in [-0.39, 0.29) is 18.6 Å². The Morgan fingerprint density at radius 2 is 2.15 bits per heavy atom. The van der Waals surface area contributed by atoms with E-state index in [1.807, 2.05) is 19.9 Å². The van der Waals surface area contributed by atoms with Gasteiger partial charge in [-0.05, 0) is 32.4 Å². The van der Waals surface area contributed by atoms with Gasteiger partial charge in [-0.2, -0.15) is 5.26 Å². The largest absolute Gasteiger partial charge is 0.482 e. The first-order valence-corrected chi connectivity index (χ1v) is 6.63. The standard InChI is InChI=1S/C15H20N2O3/c1-12(2)19-9-5-8-17-15(18)11-20-14-7-4-3-6-13(14)10-16/h3-4,6-7,12H,5,8-9,11H2,1-2H3,(H,17,18). The number of nitrogens with zero attached hydrogens (tertiary/aromatic N) is 1. The van der Waals surface area contributed by atoms with Gasteiger partial charge in [0.05, 0.1) is 11.7 Å². The third kappa shape index (κ3) is 6.21. The summed E-state index contributed by atoms with van der Waals surface area (Å²) in [6.45, 7) is 5.02. The number of hydrogen-bond donors (Lipinski definition) is 1. The average Bonchev–Trinajstić information content (AvgIpc) is 2.44. The Labute approximate surface area is 119 Å². The summed E-state index contributed by atoms with van der Waals surface area (Å²) in [6.07, 6.45) is 0.968. The van der Waals surface area contributed by atoms with E-state index in [1.165, 1.54) is 0 Å². The molecule has 0 unspecified atom stereocenters. The minimum Gasteiger partial charge on any atom is -0.482 e. The van der Waals surface area contributed by atoms with Crippen LogP contribution >= 0.6 is 0 Å². The molecule has 1 N–H and O–H groups in total. The lowest BCUT2D eigenvalue weighted by Crippen LogP contribution is -2.30. The molecule has 1 amide bonds. The van der Waals surface area contributed by atoms with E-state index in [0.717, 1.165) is 6.42 Å². The molecule has 1 aromatic rings. The Morgan fingerprint density at radius 1 is 1.40 bits per heavy atom. The molecule has 0 saturated carbocycles. The van der Waals surface area contributed by atoms with Gasteiger partial charge >= 0.3 is 0 Å². The van der Waals surface area contributed by atoms with Crippen molar-refractivity contribution in [1.29, 1.82) is 5.26 Å². The van der Waals surface area contributed by atoms with Crippen molar-refractivity contribution in [1.82, 2.24) is 5.32 Å². The molecule has 0 aromatic heterocycles. The van der Waals surface area contributed by atoms with Crippen molar-refractivity contribution in [3.63, 3.8) is 0 Å². The number of benzene rings is 1. The zero-order valence-corrected chi connectivity index (χ0v) is 11.9. The van der Waals surface area contributed by atoms with Gasteiger partial charge in [0.2, 0.25) is 0 Å². The molecule has 5 nitrogen and oxygen atoms in total. The minimum absolute atomic E-state index is 0.0935. The number of hydrogen-bond acceptors (Lipinski definition) is 4. The molecule has 0 spiro atoms. The maximum atomic E-state index is 11.6. The molecule has 0 saturated heterocycles. The Bertz CT molecular complexity index is 466. The highest BCUT2D eigenvalue weighted by molar-refractivity contribution is 5.77. The van der Waals surface area contributed by atoms with Gasteiger partial charge < -0.3 is 14.8 Å². The average molecular weight is 276 g/mol. The lowest BCUT2D eigenvalue weighted by molar-refractivity contribution is -0.123.